The highest BCUT2D eigenvalue weighted by Gasteiger charge is 2.11. The van der Waals surface area contributed by atoms with Crippen LogP contribution in [0.3, 0.4) is 0 Å². The molecule has 0 saturated carbocycles. The Morgan fingerprint density at radius 1 is 0.821 bits per heavy atom. The zero-order chi connectivity index (χ0) is 19.2. The lowest BCUT2D eigenvalue weighted by Crippen LogP contribution is -2.08. The maximum atomic E-state index is 4.55. The van der Waals surface area contributed by atoms with Gasteiger partial charge in [-0.3, -0.25) is 4.99 Å². The van der Waals surface area contributed by atoms with E-state index in [1.54, 1.807) is 11.3 Å². The highest BCUT2D eigenvalue weighted by atomic mass is 32.1. The predicted molar refractivity (Wildman–Crippen MR) is 125 cm³/mol. The van der Waals surface area contributed by atoms with Gasteiger partial charge >= 0.3 is 0 Å². The molecule has 1 atom stereocenters. The Morgan fingerprint density at radius 3 is 2.29 bits per heavy atom. The van der Waals surface area contributed by atoms with Crippen LogP contribution in [0.2, 0.25) is 0 Å². The standard InChI is InChI=1S/C24H22N2S2/c1-18(16-25-19-8-4-2-5-9-19)22-14-15-24(28-22)23-13-12-21(27-23)17-26-20-10-6-3-7-11-20/h2-15,17-18,25H,16H2,1H3. The minimum absolute atomic E-state index is 0.470. The molecular weight excluding hydrogens is 380 g/mol. The largest absolute Gasteiger partial charge is 0.384 e. The van der Waals surface area contributed by atoms with Gasteiger partial charge in [-0.05, 0) is 48.5 Å². The molecule has 0 fully saturated rings. The fourth-order valence-electron chi connectivity index (χ4n) is 2.88. The molecule has 0 aliphatic carbocycles. The lowest BCUT2D eigenvalue weighted by Gasteiger charge is -2.11. The van der Waals surface area contributed by atoms with E-state index in [0.717, 1.165) is 12.2 Å². The number of thiophene rings is 2. The molecule has 140 valence electrons. The van der Waals surface area contributed by atoms with Gasteiger partial charge in [0.1, 0.15) is 0 Å². The van der Waals surface area contributed by atoms with Crippen molar-refractivity contribution in [3.8, 4) is 9.75 Å². The van der Waals surface area contributed by atoms with Crippen molar-refractivity contribution < 1.29 is 0 Å². The van der Waals surface area contributed by atoms with Crippen molar-refractivity contribution >= 4 is 40.3 Å². The van der Waals surface area contributed by atoms with Crippen molar-refractivity contribution in [1.82, 2.24) is 0 Å². The zero-order valence-electron chi connectivity index (χ0n) is 15.7. The summed E-state index contributed by atoms with van der Waals surface area (Å²) in [4.78, 5) is 9.76. The first-order valence-corrected chi connectivity index (χ1v) is 11.0. The normalized spacial score (nSPS) is 12.3. The second kappa shape index (κ2) is 9.00. The summed E-state index contributed by atoms with van der Waals surface area (Å²) in [5.74, 6) is 0.470. The maximum Gasteiger partial charge on any atom is 0.0630 e. The van der Waals surface area contributed by atoms with E-state index in [4.69, 9.17) is 0 Å². The summed E-state index contributed by atoms with van der Waals surface area (Å²) in [6, 6.07) is 29.3. The minimum Gasteiger partial charge on any atom is -0.384 e. The van der Waals surface area contributed by atoms with E-state index in [0.29, 0.717) is 5.92 Å². The summed E-state index contributed by atoms with van der Waals surface area (Å²) < 4.78 is 0. The summed E-state index contributed by atoms with van der Waals surface area (Å²) in [5.41, 5.74) is 2.15. The van der Waals surface area contributed by atoms with Crippen LogP contribution in [0.1, 0.15) is 22.6 Å². The second-order valence-electron chi connectivity index (χ2n) is 6.65. The molecule has 0 amide bonds. The average Bonchev–Trinajstić information content (AvgIpc) is 3.42. The van der Waals surface area contributed by atoms with E-state index in [9.17, 15) is 0 Å². The van der Waals surface area contributed by atoms with E-state index >= 15 is 0 Å². The highest BCUT2D eigenvalue weighted by molar-refractivity contribution is 7.23. The quantitative estimate of drug-likeness (QED) is 0.319. The Hall–Kier alpha value is -2.69. The number of benzene rings is 2. The number of hydrogen-bond donors (Lipinski definition) is 1. The number of aliphatic imine (C=N–C) groups is 1. The van der Waals surface area contributed by atoms with Crippen LogP contribution >= 0.6 is 22.7 Å². The fraction of sp³-hybridized carbons (Fsp3) is 0.125. The molecule has 0 aliphatic heterocycles. The number of hydrogen-bond acceptors (Lipinski definition) is 4. The molecule has 1 N–H and O–H groups in total. The smallest absolute Gasteiger partial charge is 0.0630 e. The van der Waals surface area contributed by atoms with Crippen LogP contribution in [0, 0.1) is 0 Å². The van der Waals surface area contributed by atoms with Crippen LogP contribution in [0.4, 0.5) is 11.4 Å². The number of nitrogens with zero attached hydrogens (tertiary/aromatic N) is 1. The molecule has 0 saturated heterocycles. The zero-order valence-corrected chi connectivity index (χ0v) is 17.3. The van der Waals surface area contributed by atoms with E-state index < -0.39 is 0 Å². The summed E-state index contributed by atoms with van der Waals surface area (Å²) in [6.45, 7) is 3.21. The fourth-order valence-corrected chi connectivity index (χ4v) is 4.91. The summed E-state index contributed by atoms with van der Waals surface area (Å²) >= 11 is 3.67. The van der Waals surface area contributed by atoms with Gasteiger partial charge in [0.05, 0.1) is 5.69 Å². The number of para-hydroxylation sites is 2. The molecular formula is C24H22N2S2. The molecule has 4 heteroatoms. The molecule has 2 heterocycles. The monoisotopic (exact) mass is 402 g/mol. The van der Waals surface area contributed by atoms with Crippen molar-refractivity contribution in [3.05, 3.63) is 94.7 Å². The van der Waals surface area contributed by atoms with Crippen molar-refractivity contribution in [2.75, 3.05) is 11.9 Å². The Kier molecular flexibility index (Phi) is 6.00. The van der Waals surface area contributed by atoms with Gasteiger partial charge in [-0.25, -0.2) is 0 Å². The van der Waals surface area contributed by atoms with Crippen LogP contribution < -0.4 is 5.32 Å². The molecule has 0 radical (unpaired) electrons. The van der Waals surface area contributed by atoms with Crippen molar-refractivity contribution in [2.45, 2.75) is 12.8 Å². The Balaban J connectivity index is 1.40. The third-order valence-electron chi connectivity index (χ3n) is 4.47. The van der Waals surface area contributed by atoms with Gasteiger partial charge in [0.15, 0.2) is 0 Å². The topological polar surface area (TPSA) is 24.4 Å². The number of rotatable bonds is 7. The first-order valence-electron chi connectivity index (χ1n) is 9.36. The molecule has 1 unspecified atom stereocenters. The summed E-state index contributed by atoms with van der Waals surface area (Å²) in [5, 5.41) is 3.52. The molecule has 4 aromatic rings. The first kappa shape index (κ1) is 18.7. The van der Waals surface area contributed by atoms with E-state index in [1.165, 1.54) is 25.2 Å². The third kappa shape index (κ3) is 4.77. The third-order valence-corrected chi connectivity index (χ3v) is 7.00. The first-order chi connectivity index (χ1) is 13.8. The number of nitrogens with one attached hydrogen (secondary N) is 1. The second-order valence-corrected chi connectivity index (χ2v) is 8.88. The summed E-state index contributed by atoms with van der Waals surface area (Å²) in [7, 11) is 0. The summed E-state index contributed by atoms with van der Waals surface area (Å²) in [6.07, 6.45) is 1.95. The molecule has 28 heavy (non-hydrogen) atoms. The van der Waals surface area contributed by atoms with Crippen molar-refractivity contribution in [1.29, 1.82) is 0 Å². The van der Waals surface area contributed by atoms with Crippen molar-refractivity contribution in [2.24, 2.45) is 4.99 Å². The maximum absolute atomic E-state index is 4.55. The Bertz CT molecular complexity index is 1030. The van der Waals surface area contributed by atoms with Gasteiger partial charge in [-0.1, -0.05) is 43.3 Å². The van der Waals surface area contributed by atoms with Gasteiger partial charge in [-0.15, -0.1) is 22.7 Å². The molecule has 2 aromatic carbocycles. The van der Waals surface area contributed by atoms with Gasteiger partial charge in [0.2, 0.25) is 0 Å². The van der Waals surface area contributed by atoms with E-state index in [1.807, 2.05) is 53.9 Å². The van der Waals surface area contributed by atoms with Crippen LogP contribution in [-0.4, -0.2) is 12.8 Å². The lowest BCUT2D eigenvalue weighted by molar-refractivity contribution is 0.823. The van der Waals surface area contributed by atoms with Gasteiger partial charge in [-0.2, -0.15) is 0 Å². The van der Waals surface area contributed by atoms with Gasteiger partial charge in [0.25, 0.3) is 0 Å². The molecule has 0 spiro atoms. The van der Waals surface area contributed by atoms with Gasteiger partial charge < -0.3 is 5.32 Å². The molecule has 0 bridgehead atoms. The molecule has 4 rings (SSSR count). The molecule has 2 nitrogen and oxygen atoms in total. The Labute approximate surface area is 174 Å². The lowest BCUT2D eigenvalue weighted by atomic mass is 10.1. The van der Waals surface area contributed by atoms with Crippen molar-refractivity contribution in [3.63, 3.8) is 0 Å². The van der Waals surface area contributed by atoms with Crippen LogP contribution in [0.15, 0.2) is 89.9 Å². The van der Waals surface area contributed by atoms with Gasteiger partial charge in [0, 0.05) is 43.9 Å². The molecule has 2 aromatic heterocycles. The molecule has 0 aliphatic rings. The minimum atomic E-state index is 0.470. The SMILES string of the molecule is CC(CNc1ccccc1)c1ccc(-c2ccc(C=Nc3ccccc3)s2)s1. The Morgan fingerprint density at radius 2 is 1.50 bits per heavy atom. The van der Waals surface area contributed by atoms with Crippen LogP contribution in [0.25, 0.3) is 9.75 Å². The van der Waals surface area contributed by atoms with Crippen LogP contribution in [0.5, 0.6) is 0 Å². The van der Waals surface area contributed by atoms with E-state index in [2.05, 4.69) is 65.8 Å². The number of anilines is 1. The highest BCUT2D eigenvalue weighted by Crippen LogP contribution is 2.36. The predicted octanol–water partition coefficient (Wildman–Crippen LogP) is 7.44. The average molecular weight is 403 g/mol. The van der Waals surface area contributed by atoms with Crippen LogP contribution in [-0.2, 0) is 0 Å². The van der Waals surface area contributed by atoms with E-state index in [-0.39, 0.29) is 0 Å².